The number of nitrogens with two attached hydrogens (primary N) is 2. The second-order valence-corrected chi connectivity index (χ2v) is 14.5. The van der Waals surface area contributed by atoms with Crippen molar-refractivity contribution < 1.29 is 43.5 Å². The molecule has 3 rings (SSSR count). The number of amides is 7. The molecule has 2 aromatic carbocycles. The van der Waals surface area contributed by atoms with Gasteiger partial charge in [-0.05, 0) is 42.4 Å². The van der Waals surface area contributed by atoms with Crippen LogP contribution in [0.1, 0.15) is 52.2 Å². The number of aromatic amines is 1. The minimum absolute atomic E-state index is 0.0774. The number of aliphatic carboxylic acids is 1. The molecular weight excluding hydrogens is 738 g/mol. The molecule has 18 heteroatoms. The molecule has 0 aliphatic carbocycles. The van der Waals surface area contributed by atoms with E-state index in [2.05, 4.69) is 36.9 Å². The summed E-state index contributed by atoms with van der Waals surface area (Å²) in [5.41, 5.74) is 13.6. The van der Waals surface area contributed by atoms with Crippen molar-refractivity contribution >= 4 is 58.2 Å². The molecule has 6 atom stereocenters. The van der Waals surface area contributed by atoms with Crippen LogP contribution < -0.4 is 43.4 Å². The third-order valence-electron chi connectivity index (χ3n) is 9.06. The molecule has 0 bridgehead atoms. The van der Waals surface area contributed by atoms with E-state index < -0.39 is 108 Å². The number of fused-ring (bicyclic) bond motifs is 1. The van der Waals surface area contributed by atoms with Gasteiger partial charge in [-0.2, -0.15) is 0 Å². The molecule has 0 saturated carbocycles. The van der Waals surface area contributed by atoms with E-state index >= 15 is 0 Å². The van der Waals surface area contributed by atoms with Crippen LogP contribution in [0.3, 0.4) is 0 Å². The first-order valence-electron chi connectivity index (χ1n) is 18.5. The van der Waals surface area contributed by atoms with E-state index in [1.807, 2.05) is 24.3 Å². The number of H-pyrrole nitrogens is 1. The first-order valence-corrected chi connectivity index (χ1v) is 18.5. The van der Waals surface area contributed by atoms with Crippen molar-refractivity contribution in [3.8, 4) is 0 Å². The van der Waals surface area contributed by atoms with Crippen LogP contribution in [-0.4, -0.2) is 100 Å². The standard InChI is InChI=1S/C39H53N9O9/c1-20(2)32(38(56)43-19-30(41)49)48-39(57)33(21(3)4)47-37(55)29(17-31(50)51)46-36(54)28(15-23-11-7-6-8-12-23)45-34(52)22(5)44-35(53)26(40)16-24-18-42-27-14-10-9-13-25(24)27/h6-14,18,20-22,26,28-29,32-33,42H,15-17,19,40H2,1-5H3,(H2,41,49)(H,43,56)(H,44,53)(H,45,52)(H,46,54)(H,47,55)(H,48,57)(H,50,51)/t22-,26-,28-,29-,32-,33-/m0/s1. The summed E-state index contributed by atoms with van der Waals surface area (Å²) in [4.78, 5) is 106. The Kier molecular flexibility index (Phi) is 16.7. The van der Waals surface area contributed by atoms with Gasteiger partial charge in [-0.15, -0.1) is 0 Å². The van der Waals surface area contributed by atoms with Crippen LogP contribution >= 0.6 is 0 Å². The molecule has 18 nitrogen and oxygen atoms in total. The van der Waals surface area contributed by atoms with Crippen molar-refractivity contribution in [1.29, 1.82) is 0 Å². The third kappa shape index (κ3) is 13.7. The van der Waals surface area contributed by atoms with Gasteiger partial charge in [0.25, 0.3) is 0 Å². The lowest BCUT2D eigenvalue weighted by atomic mass is 9.99. The van der Waals surface area contributed by atoms with Gasteiger partial charge in [0.1, 0.15) is 30.2 Å². The number of primary amides is 1. The maximum absolute atomic E-state index is 13.8. The minimum Gasteiger partial charge on any atom is -0.481 e. The minimum atomic E-state index is -1.71. The van der Waals surface area contributed by atoms with Gasteiger partial charge in [0.2, 0.25) is 41.4 Å². The van der Waals surface area contributed by atoms with E-state index in [-0.39, 0.29) is 12.8 Å². The highest BCUT2D eigenvalue weighted by Crippen LogP contribution is 2.19. The summed E-state index contributed by atoms with van der Waals surface area (Å²) in [6.45, 7) is 7.46. The molecule has 0 saturated heterocycles. The lowest BCUT2D eigenvalue weighted by Crippen LogP contribution is -2.61. The summed E-state index contributed by atoms with van der Waals surface area (Å²) >= 11 is 0. The molecule has 1 aromatic heterocycles. The number of para-hydroxylation sites is 1. The molecule has 0 fully saturated rings. The summed E-state index contributed by atoms with van der Waals surface area (Å²) in [5, 5.41) is 25.5. The molecule has 0 spiro atoms. The number of carbonyl (C=O) groups excluding carboxylic acids is 7. The second-order valence-electron chi connectivity index (χ2n) is 14.5. The van der Waals surface area contributed by atoms with Crippen LogP contribution in [-0.2, 0) is 51.2 Å². The zero-order chi connectivity index (χ0) is 42.4. The normalized spacial score (nSPS) is 14.3. The van der Waals surface area contributed by atoms with Crippen LogP contribution in [0.5, 0.6) is 0 Å². The Morgan fingerprint density at radius 1 is 0.649 bits per heavy atom. The van der Waals surface area contributed by atoms with Crippen LogP contribution in [0.25, 0.3) is 10.9 Å². The highest BCUT2D eigenvalue weighted by atomic mass is 16.4. The number of nitrogens with one attached hydrogen (secondary N) is 7. The van der Waals surface area contributed by atoms with Crippen LogP contribution in [0.15, 0.2) is 60.8 Å². The number of carboxylic acids is 1. The molecule has 3 aromatic rings. The zero-order valence-electron chi connectivity index (χ0n) is 32.6. The Morgan fingerprint density at radius 3 is 1.82 bits per heavy atom. The fourth-order valence-corrected chi connectivity index (χ4v) is 5.88. The van der Waals surface area contributed by atoms with Crippen molar-refractivity contribution in [1.82, 2.24) is 36.9 Å². The largest absolute Gasteiger partial charge is 0.481 e. The Bertz CT molecular complexity index is 1910. The molecular formula is C39H53N9O9. The fourth-order valence-electron chi connectivity index (χ4n) is 5.88. The molecule has 0 aliphatic rings. The van der Waals surface area contributed by atoms with Crippen molar-refractivity contribution in [2.45, 2.75) is 90.1 Å². The second kappa shape index (κ2) is 21.1. The van der Waals surface area contributed by atoms with E-state index in [1.165, 1.54) is 6.92 Å². The molecule has 308 valence electrons. The molecule has 0 radical (unpaired) electrons. The number of benzene rings is 2. The number of hydrogen-bond donors (Lipinski definition) is 10. The topological polar surface area (TPSA) is 297 Å². The maximum atomic E-state index is 13.8. The number of aromatic nitrogens is 1. The molecule has 57 heavy (non-hydrogen) atoms. The fraction of sp³-hybridized carbons (Fsp3) is 0.436. The third-order valence-corrected chi connectivity index (χ3v) is 9.06. The summed E-state index contributed by atoms with van der Waals surface area (Å²) < 4.78 is 0. The van der Waals surface area contributed by atoms with E-state index in [4.69, 9.17) is 11.5 Å². The number of carboxylic acid groups (broad SMARTS) is 1. The lowest BCUT2D eigenvalue weighted by Gasteiger charge is -2.29. The van der Waals surface area contributed by atoms with Gasteiger partial charge in [-0.25, -0.2) is 0 Å². The lowest BCUT2D eigenvalue weighted by molar-refractivity contribution is -0.141. The summed E-state index contributed by atoms with van der Waals surface area (Å²) in [6.07, 6.45) is 0.975. The SMILES string of the molecule is CC(C)[C@H](NC(=O)[C@H](CC(=O)O)NC(=O)[C@H](Cc1ccccc1)NC(=O)[C@H](C)NC(=O)[C@@H](N)Cc1c[nH]c2ccccc12)C(=O)N[C@H](C(=O)NCC(N)=O)C(C)C. The molecule has 7 amide bonds. The van der Waals surface area contributed by atoms with E-state index in [1.54, 1.807) is 64.2 Å². The first kappa shape index (κ1) is 45.1. The van der Waals surface area contributed by atoms with Gasteiger partial charge in [0, 0.05) is 23.5 Å². The van der Waals surface area contributed by atoms with Crippen molar-refractivity contribution in [2.75, 3.05) is 6.54 Å². The average molecular weight is 792 g/mol. The van der Waals surface area contributed by atoms with E-state index in [9.17, 15) is 43.5 Å². The predicted molar refractivity (Wildman–Crippen MR) is 210 cm³/mol. The monoisotopic (exact) mass is 791 g/mol. The van der Waals surface area contributed by atoms with Gasteiger partial charge in [-0.1, -0.05) is 76.2 Å². The maximum Gasteiger partial charge on any atom is 0.305 e. The number of hydrogen-bond acceptors (Lipinski definition) is 9. The first-order chi connectivity index (χ1) is 26.9. The summed E-state index contributed by atoms with van der Waals surface area (Å²) in [7, 11) is 0. The molecule has 1 heterocycles. The highest BCUT2D eigenvalue weighted by molar-refractivity contribution is 5.98. The Hall–Kier alpha value is -6.30. The Labute approximate surface area is 330 Å². The van der Waals surface area contributed by atoms with Gasteiger partial charge >= 0.3 is 5.97 Å². The number of rotatable bonds is 21. The van der Waals surface area contributed by atoms with Gasteiger partial charge in [-0.3, -0.25) is 38.4 Å². The summed E-state index contributed by atoms with van der Waals surface area (Å²) in [5.74, 6) is -8.03. The van der Waals surface area contributed by atoms with E-state index in [0.717, 1.165) is 16.5 Å². The molecule has 0 unspecified atom stereocenters. The molecule has 12 N–H and O–H groups in total. The van der Waals surface area contributed by atoms with Crippen molar-refractivity contribution in [3.63, 3.8) is 0 Å². The average Bonchev–Trinajstić information content (AvgIpc) is 3.56. The van der Waals surface area contributed by atoms with Crippen LogP contribution in [0.4, 0.5) is 0 Å². The quantitative estimate of drug-likeness (QED) is 0.0635. The van der Waals surface area contributed by atoms with E-state index in [0.29, 0.717) is 5.56 Å². The Balaban J connectivity index is 1.75. The summed E-state index contributed by atoms with van der Waals surface area (Å²) in [6, 6.07) is 8.47. The molecule has 0 aliphatic heterocycles. The smallest absolute Gasteiger partial charge is 0.305 e. The Morgan fingerprint density at radius 2 is 1.21 bits per heavy atom. The van der Waals surface area contributed by atoms with Gasteiger partial charge < -0.3 is 53.5 Å². The van der Waals surface area contributed by atoms with Crippen molar-refractivity contribution in [2.24, 2.45) is 23.3 Å². The van der Waals surface area contributed by atoms with Gasteiger partial charge in [0.15, 0.2) is 0 Å². The zero-order valence-corrected chi connectivity index (χ0v) is 32.6. The highest BCUT2D eigenvalue weighted by Gasteiger charge is 2.35. The van der Waals surface area contributed by atoms with Gasteiger partial charge in [0.05, 0.1) is 19.0 Å². The van der Waals surface area contributed by atoms with Crippen LogP contribution in [0.2, 0.25) is 0 Å². The number of carbonyl (C=O) groups is 8. The van der Waals surface area contributed by atoms with Crippen molar-refractivity contribution in [3.05, 3.63) is 71.9 Å². The predicted octanol–water partition coefficient (Wildman–Crippen LogP) is -0.887. The van der Waals surface area contributed by atoms with Crippen LogP contribution in [0, 0.1) is 11.8 Å².